The Bertz CT molecular complexity index is 519. The van der Waals surface area contributed by atoms with Crippen LogP contribution in [0.2, 0.25) is 0 Å². The molecule has 0 aromatic heterocycles. The molecule has 1 aromatic carbocycles. The number of carboxylic acid groups (broad SMARTS) is 1. The lowest BCUT2D eigenvalue weighted by Crippen LogP contribution is -2.44. The van der Waals surface area contributed by atoms with Crippen molar-refractivity contribution in [3.05, 3.63) is 35.4 Å². The third kappa shape index (κ3) is 4.48. The summed E-state index contributed by atoms with van der Waals surface area (Å²) in [5, 5.41) is 14.8. The molecule has 1 atom stereocenters. The molecule has 0 radical (unpaired) electrons. The summed E-state index contributed by atoms with van der Waals surface area (Å²) in [5.41, 5.74) is 2.26. The Labute approximate surface area is 131 Å². The van der Waals surface area contributed by atoms with Gasteiger partial charge in [0.15, 0.2) is 0 Å². The molecule has 1 fully saturated rings. The topological polar surface area (TPSA) is 78.4 Å². The summed E-state index contributed by atoms with van der Waals surface area (Å²) in [5.74, 6) is -0.983. The van der Waals surface area contributed by atoms with E-state index in [0.29, 0.717) is 12.8 Å². The third-order valence-electron chi connectivity index (χ3n) is 4.34. The first-order valence-corrected chi connectivity index (χ1v) is 7.82. The highest BCUT2D eigenvalue weighted by Crippen LogP contribution is 2.24. The van der Waals surface area contributed by atoms with Gasteiger partial charge in [0.25, 0.3) is 0 Å². The van der Waals surface area contributed by atoms with Gasteiger partial charge >= 0.3 is 12.0 Å². The monoisotopic (exact) mass is 304 g/mol. The van der Waals surface area contributed by atoms with Crippen molar-refractivity contribution in [2.75, 3.05) is 0 Å². The summed E-state index contributed by atoms with van der Waals surface area (Å²) < 4.78 is 0. The number of hydrogen-bond donors (Lipinski definition) is 3. The Morgan fingerprint density at radius 2 is 1.73 bits per heavy atom. The fourth-order valence-corrected chi connectivity index (χ4v) is 2.85. The number of nitrogens with one attached hydrogen (secondary N) is 2. The second-order valence-electron chi connectivity index (χ2n) is 6.14. The number of aliphatic carboxylic acids is 1. The Morgan fingerprint density at radius 1 is 1.14 bits per heavy atom. The van der Waals surface area contributed by atoms with Gasteiger partial charge in [-0.2, -0.15) is 0 Å². The molecule has 2 rings (SSSR count). The minimum absolute atomic E-state index is 0.0593. The van der Waals surface area contributed by atoms with E-state index in [2.05, 4.69) is 10.6 Å². The molecule has 1 aromatic rings. The average molecular weight is 304 g/mol. The SMILES string of the molecule is Cc1ccc(C(C)NC(=O)NC2CCC(C(=O)O)CC2)cc1. The average Bonchev–Trinajstić information content (AvgIpc) is 2.48. The van der Waals surface area contributed by atoms with Gasteiger partial charge in [-0.3, -0.25) is 4.79 Å². The summed E-state index contributed by atoms with van der Waals surface area (Å²) >= 11 is 0. The van der Waals surface area contributed by atoms with Crippen LogP contribution in [0.3, 0.4) is 0 Å². The van der Waals surface area contributed by atoms with E-state index >= 15 is 0 Å². The van der Waals surface area contributed by atoms with Crippen LogP contribution >= 0.6 is 0 Å². The van der Waals surface area contributed by atoms with E-state index < -0.39 is 5.97 Å². The molecule has 0 spiro atoms. The van der Waals surface area contributed by atoms with Crippen molar-refractivity contribution >= 4 is 12.0 Å². The van der Waals surface area contributed by atoms with Crippen molar-refractivity contribution in [1.82, 2.24) is 10.6 Å². The lowest BCUT2D eigenvalue weighted by Gasteiger charge is -2.27. The predicted molar refractivity (Wildman–Crippen MR) is 84.6 cm³/mol. The van der Waals surface area contributed by atoms with Crippen LogP contribution in [-0.4, -0.2) is 23.1 Å². The molecule has 1 aliphatic carbocycles. The summed E-state index contributed by atoms with van der Waals surface area (Å²) in [6.45, 7) is 3.98. The number of rotatable bonds is 4. The first kappa shape index (κ1) is 16.3. The maximum atomic E-state index is 12.0. The maximum Gasteiger partial charge on any atom is 0.315 e. The first-order valence-electron chi connectivity index (χ1n) is 7.82. The van der Waals surface area contributed by atoms with Gasteiger partial charge in [-0.05, 0) is 45.1 Å². The number of benzene rings is 1. The molecule has 22 heavy (non-hydrogen) atoms. The molecule has 1 unspecified atom stereocenters. The van der Waals surface area contributed by atoms with Crippen LogP contribution in [0.25, 0.3) is 0 Å². The molecular formula is C17H24N2O3. The zero-order valence-electron chi connectivity index (χ0n) is 13.1. The largest absolute Gasteiger partial charge is 0.481 e. The van der Waals surface area contributed by atoms with Crippen LogP contribution in [0.5, 0.6) is 0 Å². The number of hydrogen-bond acceptors (Lipinski definition) is 2. The molecule has 0 saturated heterocycles. The molecule has 2 amide bonds. The number of amides is 2. The van der Waals surface area contributed by atoms with Gasteiger partial charge in [0.2, 0.25) is 0 Å². The van der Waals surface area contributed by atoms with E-state index in [1.807, 2.05) is 38.1 Å². The Balaban J connectivity index is 1.78. The maximum absolute atomic E-state index is 12.0. The highest BCUT2D eigenvalue weighted by molar-refractivity contribution is 5.75. The van der Waals surface area contributed by atoms with E-state index in [0.717, 1.165) is 18.4 Å². The third-order valence-corrected chi connectivity index (χ3v) is 4.34. The lowest BCUT2D eigenvalue weighted by molar-refractivity contribution is -0.142. The van der Waals surface area contributed by atoms with Gasteiger partial charge in [-0.15, -0.1) is 0 Å². The molecular weight excluding hydrogens is 280 g/mol. The van der Waals surface area contributed by atoms with Crippen molar-refractivity contribution in [3.8, 4) is 0 Å². The molecule has 3 N–H and O–H groups in total. The minimum Gasteiger partial charge on any atom is -0.481 e. The smallest absolute Gasteiger partial charge is 0.315 e. The number of aryl methyl sites for hydroxylation is 1. The minimum atomic E-state index is -0.726. The normalized spacial score (nSPS) is 22.6. The number of carboxylic acids is 1. The fraction of sp³-hybridized carbons (Fsp3) is 0.529. The van der Waals surface area contributed by atoms with Gasteiger partial charge in [-0.1, -0.05) is 29.8 Å². The van der Waals surface area contributed by atoms with Crippen LogP contribution in [0.4, 0.5) is 4.79 Å². The van der Waals surface area contributed by atoms with Crippen LogP contribution in [0.1, 0.15) is 49.8 Å². The standard InChI is InChI=1S/C17H24N2O3/c1-11-3-5-13(6-4-11)12(2)18-17(22)19-15-9-7-14(8-10-15)16(20)21/h3-6,12,14-15H,7-10H2,1-2H3,(H,20,21)(H2,18,19,22). The fourth-order valence-electron chi connectivity index (χ4n) is 2.85. The highest BCUT2D eigenvalue weighted by atomic mass is 16.4. The second-order valence-corrected chi connectivity index (χ2v) is 6.14. The van der Waals surface area contributed by atoms with Crippen LogP contribution in [0, 0.1) is 12.8 Å². The van der Waals surface area contributed by atoms with Gasteiger partial charge in [0, 0.05) is 6.04 Å². The summed E-state index contributed by atoms with van der Waals surface area (Å²) in [6, 6.07) is 7.90. The Hall–Kier alpha value is -2.04. The molecule has 1 saturated carbocycles. The summed E-state index contributed by atoms with van der Waals surface area (Å²) in [6.07, 6.45) is 2.72. The van der Waals surface area contributed by atoms with Crippen LogP contribution < -0.4 is 10.6 Å². The quantitative estimate of drug-likeness (QED) is 0.800. The van der Waals surface area contributed by atoms with Crippen molar-refractivity contribution in [2.45, 2.75) is 51.6 Å². The molecule has 0 aliphatic heterocycles. The molecule has 1 aliphatic rings. The predicted octanol–water partition coefficient (Wildman–Crippen LogP) is 3.00. The molecule has 5 heteroatoms. The summed E-state index contributed by atoms with van der Waals surface area (Å²) in [4.78, 5) is 22.9. The zero-order chi connectivity index (χ0) is 16.1. The second kappa shape index (κ2) is 7.29. The van der Waals surface area contributed by atoms with Gasteiger partial charge in [-0.25, -0.2) is 4.79 Å². The van der Waals surface area contributed by atoms with E-state index in [9.17, 15) is 9.59 Å². The summed E-state index contributed by atoms with van der Waals surface area (Å²) in [7, 11) is 0. The number of carbonyl (C=O) groups is 2. The van der Waals surface area contributed by atoms with Gasteiger partial charge in [0.1, 0.15) is 0 Å². The zero-order valence-corrected chi connectivity index (χ0v) is 13.1. The van der Waals surface area contributed by atoms with E-state index in [4.69, 9.17) is 5.11 Å². The first-order chi connectivity index (χ1) is 10.5. The van der Waals surface area contributed by atoms with E-state index in [1.165, 1.54) is 5.56 Å². The van der Waals surface area contributed by atoms with Gasteiger partial charge < -0.3 is 15.7 Å². The highest BCUT2D eigenvalue weighted by Gasteiger charge is 2.26. The Morgan fingerprint density at radius 3 is 2.27 bits per heavy atom. The van der Waals surface area contributed by atoms with Gasteiger partial charge in [0.05, 0.1) is 12.0 Å². The van der Waals surface area contributed by atoms with Crippen molar-refractivity contribution in [2.24, 2.45) is 5.92 Å². The molecule has 0 heterocycles. The van der Waals surface area contributed by atoms with Crippen molar-refractivity contribution in [3.63, 3.8) is 0 Å². The van der Waals surface area contributed by atoms with Crippen molar-refractivity contribution in [1.29, 1.82) is 0 Å². The molecule has 120 valence electrons. The lowest BCUT2D eigenvalue weighted by atomic mass is 9.86. The number of carbonyl (C=O) groups excluding carboxylic acids is 1. The molecule has 5 nitrogen and oxygen atoms in total. The van der Waals surface area contributed by atoms with Crippen LogP contribution in [0.15, 0.2) is 24.3 Å². The van der Waals surface area contributed by atoms with Crippen LogP contribution in [-0.2, 0) is 4.79 Å². The van der Waals surface area contributed by atoms with Crippen molar-refractivity contribution < 1.29 is 14.7 Å². The van der Waals surface area contributed by atoms with E-state index in [-0.39, 0.29) is 24.0 Å². The molecule has 0 bridgehead atoms. The Kier molecular flexibility index (Phi) is 5.41. The van der Waals surface area contributed by atoms with E-state index in [1.54, 1.807) is 0 Å². The number of urea groups is 1.